The molecule has 0 bridgehead atoms. The summed E-state index contributed by atoms with van der Waals surface area (Å²) in [4.78, 5) is 6.70. The van der Waals surface area contributed by atoms with Crippen LogP contribution in [0.1, 0.15) is 32.1 Å². The van der Waals surface area contributed by atoms with Crippen LogP contribution < -0.4 is 5.32 Å². The molecule has 1 aliphatic heterocycles. The highest BCUT2D eigenvalue weighted by Gasteiger charge is 2.36. The van der Waals surface area contributed by atoms with Crippen LogP contribution in [-0.2, 0) is 6.42 Å². The van der Waals surface area contributed by atoms with Gasteiger partial charge in [-0.15, -0.1) is 0 Å². The normalized spacial score (nSPS) is 29.6. The molecule has 0 amide bonds. The molecule has 0 radical (unpaired) electrons. The fourth-order valence-corrected chi connectivity index (χ4v) is 2.92. The lowest BCUT2D eigenvalue weighted by molar-refractivity contribution is 0.117. The lowest BCUT2D eigenvalue weighted by Crippen LogP contribution is -2.57. The lowest BCUT2D eigenvalue weighted by Gasteiger charge is -2.40. The zero-order chi connectivity index (χ0) is 12.4. The number of hydrogen-bond donors (Lipinski definition) is 1. The summed E-state index contributed by atoms with van der Waals surface area (Å²) in [6, 6.07) is 1.36. The van der Waals surface area contributed by atoms with Crippen LogP contribution in [0.25, 0.3) is 0 Å². The molecule has 1 aliphatic carbocycles. The van der Waals surface area contributed by atoms with Crippen molar-refractivity contribution in [1.82, 2.24) is 20.4 Å². The molecular formula is C13H22N4O. The summed E-state index contributed by atoms with van der Waals surface area (Å²) in [7, 11) is 0. The first-order valence-corrected chi connectivity index (χ1v) is 7.09. The van der Waals surface area contributed by atoms with Crippen LogP contribution >= 0.6 is 0 Å². The van der Waals surface area contributed by atoms with E-state index in [4.69, 9.17) is 4.52 Å². The van der Waals surface area contributed by atoms with Gasteiger partial charge in [-0.1, -0.05) is 12.1 Å². The topological polar surface area (TPSA) is 54.2 Å². The monoisotopic (exact) mass is 250 g/mol. The molecule has 1 saturated carbocycles. The van der Waals surface area contributed by atoms with Crippen LogP contribution in [-0.4, -0.2) is 46.8 Å². The van der Waals surface area contributed by atoms with Crippen molar-refractivity contribution in [3.63, 3.8) is 0 Å². The third-order valence-electron chi connectivity index (χ3n) is 4.25. The standard InChI is InChI=1S/C13H22N4O/c1-2-11-7-14-12(10-3-4-10)8-17(11)6-5-13-15-9-16-18-13/h9-12,14H,2-8H2,1H3. The summed E-state index contributed by atoms with van der Waals surface area (Å²) in [5.41, 5.74) is 0. The van der Waals surface area contributed by atoms with E-state index in [1.807, 2.05) is 0 Å². The van der Waals surface area contributed by atoms with Crippen LogP contribution in [0.2, 0.25) is 0 Å². The van der Waals surface area contributed by atoms with E-state index in [9.17, 15) is 0 Å². The molecule has 0 spiro atoms. The van der Waals surface area contributed by atoms with Crippen molar-refractivity contribution < 1.29 is 4.52 Å². The maximum atomic E-state index is 5.08. The van der Waals surface area contributed by atoms with E-state index < -0.39 is 0 Å². The summed E-state index contributed by atoms with van der Waals surface area (Å²) in [5, 5.41) is 7.37. The van der Waals surface area contributed by atoms with Crippen molar-refractivity contribution in [2.75, 3.05) is 19.6 Å². The summed E-state index contributed by atoms with van der Waals surface area (Å²) in [6.45, 7) is 5.61. The Bertz CT molecular complexity index is 363. The third kappa shape index (κ3) is 2.72. The Labute approximate surface area is 108 Å². The molecule has 100 valence electrons. The van der Waals surface area contributed by atoms with Gasteiger partial charge in [-0.3, -0.25) is 4.90 Å². The minimum absolute atomic E-state index is 0.655. The predicted octanol–water partition coefficient (Wildman–Crippen LogP) is 1.07. The predicted molar refractivity (Wildman–Crippen MR) is 68.2 cm³/mol. The van der Waals surface area contributed by atoms with Gasteiger partial charge in [-0.25, -0.2) is 0 Å². The van der Waals surface area contributed by atoms with Crippen LogP contribution in [0.3, 0.4) is 0 Å². The Balaban J connectivity index is 1.55. The highest BCUT2D eigenvalue weighted by atomic mass is 16.5. The van der Waals surface area contributed by atoms with Crippen LogP contribution in [0.5, 0.6) is 0 Å². The van der Waals surface area contributed by atoms with Gasteiger partial charge in [0.25, 0.3) is 0 Å². The molecule has 5 heteroatoms. The van der Waals surface area contributed by atoms with Gasteiger partial charge in [0.15, 0.2) is 6.33 Å². The molecule has 3 rings (SSSR count). The van der Waals surface area contributed by atoms with E-state index >= 15 is 0 Å². The summed E-state index contributed by atoms with van der Waals surface area (Å²) < 4.78 is 5.08. The molecule has 1 saturated heterocycles. The highest BCUT2D eigenvalue weighted by molar-refractivity contribution is 4.94. The molecule has 1 aromatic rings. The Morgan fingerprint density at radius 1 is 1.50 bits per heavy atom. The van der Waals surface area contributed by atoms with Crippen LogP contribution in [0.15, 0.2) is 10.9 Å². The second-order valence-corrected chi connectivity index (χ2v) is 5.49. The fraction of sp³-hybridized carbons (Fsp3) is 0.846. The molecular weight excluding hydrogens is 228 g/mol. The fourth-order valence-electron chi connectivity index (χ4n) is 2.92. The van der Waals surface area contributed by atoms with Crippen molar-refractivity contribution in [3.05, 3.63) is 12.2 Å². The van der Waals surface area contributed by atoms with E-state index in [1.54, 1.807) is 0 Å². The van der Waals surface area contributed by atoms with Crippen molar-refractivity contribution >= 4 is 0 Å². The first-order valence-electron chi connectivity index (χ1n) is 7.09. The molecule has 1 aromatic heterocycles. The van der Waals surface area contributed by atoms with Crippen molar-refractivity contribution in [3.8, 4) is 0 Å². The molecule has 18 heavy (non-hydrogen) atoms. The van der Waals surface area contributed by atoms with E-state index in [1.165, 1.54) is 32.1 Å². The van der Waals surface area contributed by atoms with Gasteiger partial charge in [0, 0.05) is 38.1 Å². The van der Waals surface area contributed by atoms with Gasteiger partial charge in [-0.05, 0) is 25.2 Å². The van der Waals surface area contributed by atoms with Gasteiger partial charge >= 0.3 is 0 Å². The minimum Gasteiger partial charge on any atom is -0.340 e. The van der Waals surface area contributed by atoms with Gasteiger partial charge in [0.05, 0.1) is 0 Å². The number of rotatable bonds is 5. The quantitative estimate of drug-likeness (QED) is 0.847. The first-order chi connectivity index (χ1) is 8.86. The lowest BCUT2D eigenvalue weighted by atomic mass is 10.0. The number of nitrogens with one attached hydrogen (secondary N) is 1. The zero-order valence-corrected chi connectivity index (χ0v) is 11.0. The largest absolute Gasteiger partial charge is 0.340 e. The Hall–Kier alpha value is -0.940. The Morgan fingerprint density at radius 2 is 2.39 bits per heavy atom. The molecule has 0 aromatic carbocycles. The molecule has 2 unspecified atom stereocenters. The highest BCUT2D eigenvalue weighted by Crippen LogP contribution is 2.34. The maximum absolute atomic E-state index is 5.08. The zero-order valence-electron chi connectivity index (χ0n) is 11.0. The van der Waals surface area contributed by atoms with E-state index in [0.29, 0.717) is 12.1 Å². The van der Waals surface area contributed by atoms with Gasteiger partial charge < -0.3 is 9.84 Å². The molecule has 2 aliphatic rings. The number of piperazine rings is 1. The molecule has 2 heterocycles. The molecule has 2 fully saturated rings. The third-order valence-corrected chi connectivity index (χ3v) is 4.25. The van der Waals surface area contributed by atoms with Crippen molar-refractivity contribution in [2.45, 2.75) is 44.7 Å². The van der Waals surface area contributed by atoms with Gasteiger partial charge in [0.1, 0.15) is 0 Å². The van der Waals surface area contributed by atoms with Crippen LogP contribution in [0, 0.1) is 5.92 Å². The summed E-state index contributed by atoms with van der Waals surface area (Å²) in [6.07, 6.45) is 6.37. The number of nitrogens with zero attached hydrogens (tertiary/aromatic N) is 3. The van der Waals surface area contributed by atoms with Gasteiger partial charge in [0.2, 0.25) is 5.89 Å². The number of hydrogen-bond acceptors (Lipinski definition) is 5. The SMILES string of the molecule is CCC1CNC(C2CC2)CN1CCc1ncno1. The Kier molecular flexibility index (Phi) is 3.61. The second-order valence-electron chi connectivity index (χ2n) is 5.49. The van der Waals surface area contributed by atoms with Crippen LogP contribution in [0.4, 0.5) is 0 Å². The van der Waals surface area contributed by atoms with Crippen molar-refractivity contribution in [2.24, 2.45) is 5.92 Å². The van der Waals surface area contributed by atoms with E-state index in [-0.39, 0.29) is 0 Å². The smallest absolute Gasteiger partial charge is 0.227 e. The average Bonchev–Trinajstić information content (AvgIpc) is 3.13. The summed E-state index contributed by atoms with van der Waals surface area (Å²) >= 11 is 0. The second kappa shape index (κ2) is 5.36. The molecule has 5 nitrogen and oxygen atoms in total. The average molecular weight is 250 g/mol. The first kappa shape index (κ1) is 12.1. The molecule has 1 N–H and O–H groups in total. The van der Waals surface area contributed by atoms with Crippen molar-refractivity contribution in [1.29, 1.82) is 0 Å². The maximum Gasteiger partial charge on any atom is 0.227 e. The van der Waals surface area contributed by atoms with E-state index in [2.05, 4.69) is 27.3 Å². The molecule has 2 atom stereocenters. The Morgan fingerprint density at radius 3 is 3.06 bits per heavy atom. The van der Waals surface area contributed by atoms with Gasteiger partial charge in [-0.2, -0.15) is 4.98 Å². The van der Waals surface area contributed by atoms with E-state index in [0.717, 1.165) is 31.3 Å². The number of aromatic nitrogens is 2. The summed E-state index contributed by atoms with van der Waals surface area (Å²) in [5.74, 6) is 1.68. The minimum atomic E-state index is 0.655.